The molecule has 0 atom stereocenters. The van der Waals surface area contributed by atoms with Crippen molar-refractivity contribution in [2.45, 2.75) is 6.92 Å². The molecule has 0 radical (unpaired) electrons. The summed E-state index contributed by atoms with van der Waals surface area (Å²) >= 11 is 11.8. The Labute approximate surface area is 187 Å². The number of nitrogens with one attached hydrogen (secondary N) is 1. The number of aromatic nitrogens is 2. The largest absolute Gasteiger partial charge is 0.482 e. The SMILES string of the molecule is CCOC(=O)c1nn(-c2ccccc2)c(=O)cc1NC(=O)COc1ccc(Cl)cc1Cl. The van der Waals surface area contributed by atoms with E-state index in [1.807, 2.05) is 0 Å². The highest BCUT2D eigenvalue weighted by atomic mass is 35.5. The Morgan fingerprint density at radius 2 is 1.84 bits per heavy atom. The Morgan fingerprint density at radius 3 is 2.52 bits per heavy atom. The van der Waals surface area contributed by atoms with Crippen LogP contribution in [0.4, 0.5) is 5.69 Å². The lowest BCUT2D eigenvalue weighted by atomic mass is 10.3. The summed E-state index contributed by atoms with van der Waals surface area (Å²) in [5, 5.41) is 7.21. The molecule has 0 fully saturated rings. The predicted octanol–water partition coefficient (Wildman–Crippen LogP) is 3.73. The Kier molecular flexibility index (Phi) is 7.28. The van der Waals surface area contributed by atoms with Crippen LogP contribution in [0.25, 0.3) is 5.69 Å². The number of benzene rings is 2. The molecule has 0 saturated carbocycles. The number of hydrogen-bond acceptors (Lipinski definition) is 6. The number of amides is 1. The third-order valence-corrected chi connectivity index (χ3v) is 4.46. The van der Waals surface area contributed by atoms with Crippen molar-refractivity contribution in [3.63, 3.8) is 0 Å². The number of carbonyl (C=O) groups is 2. The van der Waals surface area contributed by atoms with Gasteiger partial charge in [-0.2, -0.15) is 9.78 Å². The number of esters is 1. The maximum Gasteiger partial charge on any atom is 0.360 e. The summed E-state index contributed by atoms with van der Waals surface area (Å²) in [6, 6.07) is 14.2. The van der Waals surface area contributed by atoms with Gasteiger partial charge in [-0.25, -0.2) is 4.79 Å². The summed E-state index contributed by atoms with van der Waals surface area (Å²) in [5.74, 6) is -1.16. The van der Waals surface area contributed by atoms with Crippen LogP contribution in [0.3, 0.4) is 0 Å². The van der Waals surface area contributed by atoms with Gasteiger partial charge in [-0.05, 0) is 37.3 Å². The lowest BCUT2D eigenvalue weighted by Gasteiger charge is -2.13. The van der Waals surface area contributed by atoms with E-state index in [1.54, 1.807) is 43.3 Å². The van der Waals surface area contributed by atoms with E-state index in [9.17, 15) is 14.4 Å². The topological polar surface area (TPSA) is 99.5 Å². The van der Waals surface area contributed by atoms with Gasteiger partial charge in [0.25, 0.3) is 11.5 Å². The first-order chi connectivity index (χ1) is 14.9. The fourth-order valence-corrected chi connectivity index (χ4v) is 3.04. The maximum absolute atomic E-state index is 12.5. The van der Waals surface area contributed by atoms with E-state index < -0.39 is 24.0 Å². The lowest BCUT2D eigenvalue weighted by molar-refractivity contribution is -0.118. The Hall–Kier alpha value is -3.36. The Bertz CT molecular complexity index is 1170. The quantitative estimate of drug-likeness (QED) is 0.538. The van der Waals surface area contributed by atoms with Gasteiger partial charge in [0.05, 0.1) is 23.0 Å². The van der Waals surface area contributed by atoms with Crippen molar-refractivity contribution in [3.8, 4) is 11.4 Å². The molecule has 0 bridgehead atoms. The first kappa shape index (κ1) is 22.3. The molecule has 0 aliphatic heterocycles. The summed E-state index contributed by atoms with van der Waals surface area (Å²) in [7, 11) is 0. The van der Waals surface area contributed by atoms with Gasteiger partial charge in [0, 0.05) is 11.1 Å². The standard InChI is InChI=1S/C21H17Cl2N3O5/c1-2-30-21(29)20-16(11-19(28)26(25-20)14-6-4-3-5-7-14)24-18(27)12-31-17-9-8-13(22)10-15(17)23/h3-11H,2,12H2,1H3,(H,24,27). The molecule has 31 heavy (non-hydrogen) atoms. The molecule has 10 heteroatoms. The van der Waals surface area contributed by atoms with Gasteiger partial charge < -0.3 is 14.8 Å². The molecule has 160 valence electrons. The minimum atomic E-state index is -0.788. The second-order valence-corrected chi connectivity index (χ2v) is 6.97. The zero-order valence-electron chi connectivity index (χ0n) is 16.3. The summed E-state index contributed by atoms with van der Waals surface area (Å²) in [6.45, 7) is 1.30. The van der Waals surface area contributed by atoms with Crippen LogP contribution in [0, 0.1) is 0 Å². The number of para-hydroxylation sites is 1. The molecule has 3 rings (SSSR count). The molecule has 8 nitrogen and oxygen atoms in total. The van der Waals surface area contributed by atoms with Crippen molar-refractivity contribution < 1.29 is 19.1 Å². The van der Waals surface area contributed by atoms with E-state index in [0.717, 1.165) is 10.7 Å². The average molecular weight is 462 g/mol. The third-order valence-electron chi connectivity index (χ3n) is 3.93. The summed E-state index contributed by atoms with van der Waals surface area (Å²) in [5.41, 5.74) is -0.400. The Balaban J connectivity index is 1.85. The second kappa shape index (κ2) is 10.1. The number of anilines is 1. The maximum atomic E-state index is 12.5. The number of hydrogen-bond donors (Lipinski definition) is 1. The van der Waals surface area contributed by atoms with Gasteiger partial charge in [0.15, 0.2) is 12.3 Å². The zero-order valence-corrected chi connectivity index (χ0v) is 17.8. The lowest BCUT2D eigenvalue weighted by Crippen LogP contribution is -2.28. The fraction of sp³-hybridized carbons (Fsp3) is 0.143. The molecule has 2 aromatic carbocycles. The summed E-state index contributed by atoms with van der Waals surface area (Å²) in [4.78, 5) is 37.3. The smallest absolute Gasteiger partial charge is 0.360 e. The number of ether oxygens (including phenoxy) is 2. The first-order valence-electron chi connectivity index (χ1n) is 9.13. The van der Waals surface area contributed by atoms with Crippen molar-refractivity contribution in [2.24, 2.45) is 0 Å². The van der Waals surface area contributed by atoms with Crippen LogP contribution in [0.2, 0.25) is 10.0 Å². The fourth-order valence-electron chi connectivity index (χ4n) is 2.58. The molecule has 0 unspecified atom stereocenters. The van der Waals surface area contributed by atoms with E-state index in [2.05, 4.69) is 10.4 Å². The van der Waals surface area contributed by atoms with Crippen molar-refractivity contribution in [1.29, 1.82) is 0 Å². The second-order valence-electron chi connectivity index (χ2n) is 6.12. The molecular formula is C21H17Cl2N3O5. The first-order valence-corrected chi connectivity index (χ1v) is 9.89. The van der Waals surface area contributed by atoms with E-state index in [-0.39, 0.29) is 28.8 Å². The highest BCUT2D eigenvalue weighted by Crippen LogP contribution is 2.27. The van der Waals surface area contributed by atoms with Gasteiger partial charge in [-0.1, -0.05) is 41.4 Å². The number of nitrogens with zero attached hydrogens (tertiary/aromatic N) is 2. The van der Waals surface area contributed by atoms with E-state index in [0.29, 0.717) is 10.7 Å². The van der Waals surface area contributed by atoms with Crippen LogP contribution < -0.4 is 15.6 Å². The third kappa shape index (κ3) is 5.62. The number of rotatable bonds is 7. The van der Waals surface area contributed by atoms with Crippen molar-refractivity contribution >= 4 is 40.8 Å². The molecule has 0 aliphatic rings. The molecule has 1 N–H and O–H groups in total. The van der Waals surface area contributed by atoms with Gasteiger partial charge in [0.1, 0.15) is 5.75 Å². The van der Waals surface area contributed by atoms with Crippen LogP contribution in [-0.4, -0.2) is 34.9 Å². The van der Waals surface area contributed by atoms with Gasteiger partial charge in [-0.3, -0.25) is 9.59 Å². The van der Waals surface area contributed by atoms with Crippen LogP contribution >= 0.6 is 23.2 Å². The number of halogens is 2. The Morgan fingerprint density at radius 1 is 1.10 bits per heavy atom. The molecule has 1 heterocycles. The zero-order chi connectivity index (χ0) is 22.4. The molecule has 1 amide bonds. The monoisotopic (exact) mass is 461 g/mol. The average Bonchev–Trinajstić information content (AvgIpc) is 2.74. The molecule has 3 aromatic rings. The normalized spacial score (nSPS) is 10.4. The van der Waals surface area contributed by atoms with Crippen LogP contribution in [0.15, 0.2) is 59.4 Å². The van der Waals surface area contributed by atoms with Crippen LogP contribution in [0.5, 0.6) is 5.75 Å². The molecular weight excluding hydrogens is 445 g/mol. The van der Waals surface area contributed by atoms with Crippen LogP contribution in [0.1, 0.15) is 17.4 Å². The molecule has 0 aliphatic carbocycles. The van der Waals surface area contributed by atoms with Crippen LogP contribution in [-0.2, 0) is 9.53 Å². The minimum Gasteiger partial charge on any atom is -0.482 e. The van der Waals surface area contributed by atoms with Crippen molar-refractivity contribution in [2.75, 3.05) is 18.5 Å². The number of carbonyl (C=O) groups excluding carboxylic acids is 2. The predicted molar refractivity (Wildman–Crippen MR) is 116 cm³/mol. The molecule has 0 spiro atoms. The summed E-state index contributed by atoms with van der Waals surface area (Å²) < 4.78 is 11.4. The van der Waals surface area contributed by atoms with Gasteiger partial charge in [0.2, 0.25) is 0 Å². The highest BCUT2D eigenvalue weighted by Gasteiger charge is 2.20. The van der Waals surface area contributed by atoms with Crippen molar-refractivity contribution in [3.05, 3.63) is 80.7 Å². The van der Waals surface area contributed by atoms with E-state index in [1.165, 1.54) is 12.1 Å². The summed E-state index contributed by atoms with van der Waals surface area (Å²) in [6.07, 6.45) is 0. The van der Waals surface area contributed by atoms with Crippen molar-refractivity contribution in [1.82, 2.24) is 9.78 Å². The van der Waals surface area contributed by atoms with Gasteiger partial charge in [-0.15, -0.1) is 0 Å². The highest BCUT2D eigenvalue weighted by molar-refractivity contribution is 6.35. The minimum absolute atomic E-state index is 0.0913. The van der Waals surface area contributed by atoms with E-state index >= 15 is 0 Å². The van der Waals surface area contributed by atoms with E-state index in [4.69, 9.17) is 32.7 Å². The molecule has 0 saturated heterocycles. The van der Waals surface area contributed by atoms with Gasteiger partial charge >= 0.3 is 5.97 Å². The molecule has 1 aromatic heterocycles.